The number of rotatable bonds is 11. The van der Waals surface area contributed by atoms with Crippen molar-refractivity contribution in [2.45, 2.75) is 76.3 Å². The van der Waals surface area contributed by atoms with Crippen LogP contribution in [0, 0.1) is 18.8 Å². The molecule has 1 atom stereocenters. The molecular weight excluding hydrogens is 616 g/mol. The number of nitrogens with zero attached hydrogens (tertiary/aromatic N) is 1. The van der Waals surface area contributed by atoms with Crippen molar-refractivity contribution in [2.75, 3.05) is 39.4 Å². The van der Waals surface area contributed by atoms with Crippen LogP contribution in [0.4, 0.5) is 0 Å². The first-order chi connectivity index (χ1) is 22.8. The van der Waals surface area contributed by atoms with E-state index in [0.29, 0.717) is 47.9 Å². The fourth-order valence-corrected chi connectivity index (χ4v) is 7.63. The molecule has 47 heavy (non-hydrogen) atoms. The van der Waals surface area contributed by atoms with Crippen LogP contribution in [-0.4, -0.2) is 73.6 Å². The summed E-state index contributed by atoms with van der Waals surface area (Å²) in [5.74, 6) is 0.310. The molecule has 0 bridgehead atoms. The summed E-state index contributed by atoms with van der Waals surface area (Å²) in [6, 6.07) is 14.2. The van der Waals surface area contributed by atoms with Gasteiger partial charge < -0.3 is 30.0 Å². The van der Waals surface area contributed by atoms with Crippen LogP contribution in [0.2, 0.25) is 5.02 Å². The number of fused-ring (bicyclic) bond motifs is 1. The van der Waals surface area contributed by atoms with Crippen LogP contribution in [0.3, 0.4) is 0 Å². The molecule has 3 aliphatic rings. The number of furan rings is 1. The third-order valence-corrected chi connectivity index (χ3v) is 10.6. The third kappa shape index (κ3) is 8.19. The largest absolute Gasteiger partial charge is 0.451 e. The molecule has 2 aromatic carbocycles. The van der Waals surface area contributed by atoms with E-state index < -0.39 is 17.5 Å². The Hall–Kier alpha value is -3.40. The fraction of sp³-hybridized carbons (Fsp3) is 0.541. The van der Waals surface area contributed by atoms with E-state index >= 15 is 0 Å². The first-order valence-electron chi connectivity index (χ1n) is 17.2. The SMILES string of the molecule is Cc1c(C(=O)NC2(C(=O)N[C@H](Cc3ccccc3)C(=O)NCC3CCN(CC4CCOCC4)CC3)CCCC2)oc2ccc(Cl)cc12. The summed E-state index contributed by atoms with van der Waals surface area (Å²) in [7, 11) is 0. The minimum absolute atomic E-state index is 0.165. The average molecular weight is 663 g/mol. The van der Waals surface area contributed by atoms with Gasteiger partial charge in [-0.3, -0.25) is 14.4 Å². The normalized spacial score (nSPS) is 19.8. The summed E-state index contributed by atoms with van der Waals surface area (Å²) in [4.78, 5) is 44.0. The van der Waals surface area contributed by atoms with E-state index in [-0.39, 0.29) is 17.6 Å². The van der Waals surface area contributed by atoms with Gasteiger partial charge in [0.1, 0.15) is 17.2 Å². The molecule has 2 aliphatic heterocycles. The molecule has 3 amide bonds. The van der Waals surface area contributed by atoms with E-state index in [0.717, 1.165) is 88.2 Å². The lowest BCUT2D eigenvalue weighted by Gasteiger charge is -2.35. The topological polar surface area (TPSA) is 113 Å². The van der Waals surface area contributed by atoms with Crippen LogP contribution in [-0.2, 0) is 20.7 Å². The molecule has 3 aromatic rings. The van der Waals surface area contributed by atoms with Gasteiger partial charge in [0.15, 0.2) is 5.76 Å². The van der Waals surface area contributed by atoms with Crippen LogP contribution in [0.15, 0.2) is 52.9 Å². The number of piperidine rings is 1. The monoisotopic (exact) mass is 662 g/mol. The molecule has 3 fully saturated rings. The second-order valence-corrected chi connectivity index (χ2v) is 14.1. The predicted octanol–water partition coefficient (Wildman–Crippen LogP) is 5.42. The van der Waals surface area contributed by atoms with Gasteiger partial charge >= 0.3 is 0 Å². The number of aryl methyl sites for hydroxylation is 1. The average Bonchev–Trinajstić information content (AvgIpc) is 3.70. The zero-order valence-corrected chi connectivity index (χ0v) is 28.1. The number of carbonyl (C=O) groups is 3. The first kappa shape index (κ1) is 33.5. The molecule has 252 valence electrons. The summed E-state index contributed by atoms with van der Waals surface area (Å²) in [6.45, 7) is 7.37. The minimum atomic E-state index is -1.13. The molecule has 10 heteroatoms. The van der Waals surface area contributed by atoms with Gasteiger partial charge in [-0.25, -0.2) is 0 Å². The van der Waals surface area contributed by atoms with Crippen LogP contribution >= 0.6 is 11.6 Å². The van der Waals surface area contributed by atoms with Crippen molar-refractivity contribution in [1.29, 1.82) is 0 Å². The number of hydrogen-bond acceptors (Lipinski definition) is 6. The van der Waals surface area contributed by atoms with E-state index in [1.54, 1.807) is 18.2 Å². The molecule has 6 rings (SSSR count). The van der Waals surface area contributed by atoms with Crippen molar-refractivity contribution in [1.82, 2.24) is 20.9 Å². The zero-order valence-electron chi connectivity index (χ0n) is 27.3. The molecule has 0 spiro atoms. The van der Waals surface area contributed by atoms with Crippen molar-refractivity contribution in [2.24, 2.45) is 11.8 Å². The summed E-state index contributed by atoms with van der Waals surface area (Å²) in [5, 5.41) is 10.6. The highest BCUT2D eigenvalue weighted by molar-refractivity contribution is 6.31. The van der Waals surface area contributed by atoms with Crippen LogP contribution < -0.4 is 16.0 Å². The quantitative estimate of drug-likeness (QED) is 0.253. The second-order valence-electron chi connectivity index (χ2n) is 13.7. The molecule has 1 aromatic heterocycles. The Morgan fingerprint density at radius 3 is 2.43 bits per heavy atom. The summed E-state index contributed by atoms with van der Waals surface area (Å²) >= 11 is 6.18. The predicted molar refractivity (Wildman–Crippen MR) is 182 cm³/mol. The number of hydrogen-bond donors (Lipinski definition) is 3. The minimum Gasteiger partial charge on any atom is -0.451 e. The van der Waals surface area contributed by atoms with Gasteiger partial charge in [-0.15, -0.1) is 0 Å². The lowest BCUT2D eigenvalue weighted by atomic mass is 9.93. The van der Waals surface area contributed by atoms with Gasteiger partial charge in [0, 0.05) is 48.7 Å². The first-order valence-corrected chi connectivity index (χ1v) is 17.6. The van der Waals surface area contributed by atoms with E-state index in [4.69, 9.17) is 20.8 Å². The summed E-state index contributed by atoms with van der Waals surface area (Å²) < 4.78 is 11.4. The lowest BCUT2D eigenvalue weighted by molar-refractivity contribution is -0.132. The molecule has 2 saturated heterocycles. The van der Waals surface area contributed by atoms with Crippen molar-refractivity contribution in [3.8, 4) is 0 Å². The number of nitrogens with one attached hydrogen (secondary N) is 3. The lowest BCUT2D eigenvalue weighted by Crippen LogP contribution is -2.61. The highest BCUT2D eigenvalue weighted by Gasteiger charge is 2.44. The molecule has 1 aliphatic carbocycles. The van der Waals surface area contributed by atoms with Crippen molar-refractivity contribution >= 4 is 40.3 Å². The van der Waals surface area contributed by atoms with Crippen molar-refractivity contribution < 1.29 is 23.5 Å². The fourth-order valence-electron chi connectivity index (χ4n) is 7.46. The van der Waals surface area contributed by atoms with Gasteiger partial charge in [0.25, 0.3) is 5.91 Å². The van der Waals surface area contributed by atoms with Gasteiger partial charge in [-0.1, -0.05) is 54.8 Å². The number of benzene rings is 2. The maximum absolute atomic E-state index is 14.1. The second kappa shape index (κ2) is 15.2. The molecule has 3 heterocycles. The molecule has 3 N–H and O–H groups in total. The van der Waals surface area contributed by atoms with E-state index in [1.165, 1.54) is 0 Å². The van der Waals surface area contributed by atoms with Crippen LogP contribution in [0.5, 0.6) is 0 Å². The maximum atomic E-state index is 14.1. The van der Waals surface area contributed by atoms with Crippen molar-refractivity contribution in [3.63, 3.8) is 0 Å². The Morgan fingerprint density at radius 1 is 0.979 bits per heavy atom. The highest BCUT2D eigenvalue weighted by atomic mass is 35.5. The highest BCUT2D eigenvalue weighted by Crippen LogP contribution is 2.33. The Bertz CT molecular complexity index is 1540. The Labute approximate surface area is 282 Å². The Kier molecular flexibility index (Phi) is 10.8. The summed E-state index contributed by atoms with van der Waals surface area (Å²) in [6.07, 6.45) is 7.30. The molecule has 0 unspecified atom stereocenters. The van der Waals surface area contributed by atoms with E-state index in [2.05, 4.69) is 20.9 Å². The number of carbonyl (C=O) groups excluding carboxylic acids is 3. The third-order valence-electron chi connectivity index (χ3n) is 10.4. The van der Waals surface area contributed by atoms with E-state index in [1.807, 2.05) is 37.3 Å². The smallest absolute Gasteiger partial charge is 0.288 e. The number of likely N-dealkylation sites (tertiary alicyclic amines) is 1. The van der Waals surface area contributed by atoms with Gasteiger partial charge in [-0.2, -0.15) is 0 Å². The molecular formula is C37H47ClN4O5. The van der Waals surface area contributed by atoms with Crippen LogP contribution in [0.1, 0.15) is 73.0 Å². The zero-order chi connectivity index (χ0) is 32.8. The Balaban J connectivity index is 1.10. The van der Waals surface area contributed by atoms with Gasteiger partial charge in [0.2, 0.25) is 11.8 Å². The van der Waals surface area contributed by atoms with Crippen molar-refractivity contribution in [3.05, 3.63) is 70.4 Å². The molecule has 9 nitrogen and oxygen atoms in total. The number of amides is 3. The number of halogens is 1. The van der Waals surface area contributed by atoms with Gasteiger partial charge in [-0.05, 0) is 94.1 Å². The number of ether oxygens (including phenoxy) is 1. The maximum Gasteiger partial charge on any atom is 0.288 e. The molecule has 0 radical (unpaired) electrons. The van der Waals surface area contributed by atoms with Gasteiger partial charge in [0.05, 0.1) is 0 Å². The standard InChI is InChI=1S/C37H47ClN4O5/c1-25-30-22-29(38)9-10-32(30)47-33(25)35(44)41-37(15-5-6-16-37)36(45)40-31(21-26-7-3-2-4-8-26)34(43)39-23-27-11-17-42(18-12-27)24-28-13-19-46-20-14-28/h2-4,7-10,22,27-28,31H,5-6,11-21,23-24H2,1H3,(H,39,43)(H,40,45)(H,41,44)/t31-/m1/s1. The summed E-state index contributed by atoms with van der Waals surface area (Å²) in [5.41, 5.74) is 1.05. The Morgan fingerprint density at radius 2 is 1.70 bits per heavy atom. The van der Waals surface area contributed by atoms with E-state index in [9.17, 15) is 14.4 Å². The van der Waals surface area contributed by atoms with Crippen LogP contribution in [0.25, 0.3) is 11.0 Å². The molecule has 1 saturated carbocycles.